The molecule has 0 saturated carbocycles. The summed E-state index contributed by atoms with van der Waals surface area (Å²) < 4.78 is 0. The number of hydrogen-bond acceptors (Lipinski definition) is 4. The molecule has 1 aromatic rings. The molecule has 0 atom stereocenters. The zero-order valence-corrected chi connectivity index (χ0v) is 12.8. The van der Waals surface area contributed by atoms with E-state index in [4.69, 9.17) is 32.4 Å². The molecule has 4 heteroatoms. The minimum atomic E-state index is -0.911. The average Bonchev–Trinajstić information content (AvgIpc) is 2.48. The van der Waals surface area contributed by atoms with Crippen LogP contribution in [0.25, 0.3) is 0 Å². The first kappa shape index (κ1) is 17.2. The second-order valence-corrected chi connectivity index (χ2v) is 5.41. The summed E-state index contributed by atoms with van der Waals surface area (Å²) in [6, 6.07) is 9.17. The van der Waals surface area contributed by atoms with Crippen molar-refractivity contribution in [3.8, 4) is 24.7 Å². The quantitative estimate of drug-likeness (QED) is 0.333. The lowest BCUT2D eigenvalue weighted by molar-refractivity contribution is -0.495. The van der Waals surface area contributed by atoms with E-state index in [1.165, 1.54) is 0 Å². The van der Waals surface area contributed by atoms with Gasteiger partial charge < -0.3 is 0 Å². The van der Waals surface area contributed by atoms with E-state index in [2.05, 4.69) is 11.8 Å². The van der Waals surface area contributed by atoms with Gasteiger partial charge in [-0.05, 0) is 27.7 Å². The topological polar surface area (TPSA) is 36.9 Å². The summed E-state index contributed by atoms with van der Waals surface area (Å²) in [5, 5.41) is 0. The Bertz CT molecular complexity index is 490. The summed E-state index contributed by atoms with van der Waals surface area (Å²) >= 11 is 0. The largest absolute Gasteiger partial charge is 0.249 e. The van der Waals surface area contributed by atoms with Crippen molar-refractivity contribution in [3.63, 3.8) is 0 Å². The van der Waals surface area contributed by atoms with Crippen LogP contribution in [-0.2, 0) is 19.6 Å². The molecule has 0 aliphatic carbocycles. The molecule has 4 nitrogen and oxygen atoms in total. The fourth-order valence-corrected chi connectivity index (χ4v) is 1.11. The van der Waals surface area contributed by atoms with E-state index < -0.39 is 17.5 Å². The zero-order valence-electron chi connectivity index (χ0n) is 12.8. The normalized spacial score (nSPS) is 12.0. The van der Waals surface area contributed by atoms with Crippen LogP contribution in [0.1, 0.15) is 39.5 Å². The van der Waals surface area contributed by atoms with Crippen LogP contribution in [0.4, 0.5) is 0 Å². The Balaban J connectivity index is 2.77. The smallest absolute Gasteiger partial charge is 0.214 e. The van der Waals surface area contributed by atoms with E-state index >= 15 is 0 Å². The molecule has 0 bridgehead atoms. The third kappa shape index (κ3) is 5.99. The first-order valence-corrected chi connectivity index (χ1v) is 6.49. The maximum Gasteiger partial charge on any atom is 0.249 e. The van der Waals surface area contributed by atoms with Crippen LogP contribution >= 0.6 is 0 Å². The molecule has 0 aliphatic rings. The van der Waals surface area contributed by atoms with Crippen LogP contribution < -0.4 is 0 Å². The molecular weight excluding hydrogens is 268 g/mol. The highest BCUT2D eigenvalue weighted by molar-refractivity contribution is 5.15. The van der Waals surface area contributed by atoms with Gasteiger partial charge in [0, 0.05) is 5.56 Å². The van der Waals surface area contributed by atoms with Crippen molar-refractivity contribution in [1.29, 1.82) is 0 Å². The summed E-state index contributed by atoms with van der Waals surface area (Å²) in [6.45, 7) is 6.78. The minimum absolute atomic E-state index is 0.707. The van der Waals surface area contributed by atoms with Crippen LogP contribution in [-0.4, -0.2) is 11.2 Å². The molecule has 1 aromatic carbocycles. The molecule has 0 spiro atoms. The molecule has 0 radical (unpaired) electrons. The molecule has 0 N–H and O–H groups in total. The average molecular weight is 288 g/mol. The van der Waals surface area contributed by atoms with E-state index in [-0.39, 0.29) is 0 Å². The molecule has 0 fully saturated rings. The second kappa shape index (κ2) is 7.26. The van der Waals surface area contributed by atoms with Gasteiger partial charge >= 0.3 is 0 Å². The molecule has 0 aliphatic heterocycles. The van der Waals surface area contributed by atoms with Crippen molar-refractivity contribution in [3.05, 3.63) is 35.9 Å². The molecule has 0 aromatic heterocycles. The summed E-state index contributed by atoms with van der Waals surface area (Å²) in [5.74, 6) is 4.91. The third-order valence-corrected chi connectivity index (χ3v) is 2.45. The summed E-state index contributed by atoms with van der Waals surface area (Å²) in [5.41, 5.74) is -1.08. The highest BCUT2D eigenvalue weighted by Gasteiger charge is 2.25. The third-order valence-electron chi connectivity index (χ3n) is 2.45. The Labute approximate surface area is 126 Å². The lowest BCUT2D eigenvalue weighted by Gasteiger charge is -2.24. The maximum absolute atomic E-state index is 5.34. The van der Waals surface area contributed by atoms with Gasteiger partial charge in [0.15, 0.2) is 11.2 Å². The predicted octanol–water partition coefficient (Wildman–Crippen LogP) is 3.41. The standard InChI is InChI=1S/C17H20O4/c1-7-16(3,4)20-18-15(14-12-10-9-11-13-14)19-21-17(5,6)8-2/h1-2,9-13,15H,3-6H3. The van der Waals surface area contributed by atoms with Gasteiger partial charge in [0.05, 0.1) is 0 Å². The highest BCUT2D eigenvalue weighted by Crippen LogP contribution is 2.24. The first-order chi connectivity index (χ1) is 9.79. The fraction of sp³-hybridized carbons (Fsp3) is 0.412. The molecule has 0 amide bonds. The SMILES string of the molecule is C#CC(C)(C)OOC(OOC(C)(C)C#C)c1ccccc1. The Morgan fingerprint density at radius 3 is 1.67 bits per heavy atom. The van der Waals surface area contributed by atoms with E-state index in [1.807, 2.05) is 30.3 Å². The number of terminal acetylenes is 2. The van der Waals surface area contributed by atoms with E-state index in [0.717, 1.165) is 0 Å². The molecular formula is C17H20O4. The Kier molecular flexibility index (Phi) is 5.96. The highest BCUT2D eigenvalue weighted by atomic mass is 17.3. The Hall–Kier alpha value is -1.82. The number of benzene rings is 1. The Morgan fingerprint density at radius 1 is 0.857 bits per heavy atom. The van der Waals surface area contributed by atoms with Gasteiger partial charge in [-0.25, -0.2) is 9.78 Å². The summed E-state index contributed by atoms with van der Waals surface area (Å²) in [4.78, 5) is 20.9. The van der Waals surface area contributed by atoms with Crippen molar-refractivity contribution >= 4 is 0 Å². The van der Waals surface area contributed by atoms with Gasteiger partial charge in [-0.2, -0.15) is 9.78 Å². The van der Waals surface area contributed by atoms with Crippen LogP contribution in [0, 0.1) is 24.7 Å². The van der Waals surface area contributed by atoms with Gasteiger partial charge in [-0.15, -0.1) is 12.8 Å². The number of hydrogen-bond donors (Lipinski definition) is 0. The van der Waals surface area contributed by atoms with Gasteiger partial charge in [0.25, 0.3) is 0 Å². The summed E-state index contributed by atoms with van der Waals surface area (Å²) in [6.07, 6.45) is 9.77. The van der Waals surface area contributed by atoms with E-state index in [1.54, 1.807) is 27.7 Å². The lowest BCUT2D eigenvalue weighted by Crippen LogP contribution is -2.27. The lowest BCUT2D eigenvalue weighted by atomic mass is 10.2. The van der Waals surface area contributed by atoms with Gasteiger partial charge in [-0.1, -0.05) is 42.2 Å². The molecule has 0 unspecified atom stereocenters. The van der Waals surface area contributed by atoms with E-state index in [0.29, 0.717) is 5.56 Å². The van der Waals surface area contributed by atoms with Crippen molar-refractivity contribution in [2.75, 3.05) is 0 Å². The van der Waals surface area contributed by atoms with Crippen molar-refractivity contribution < 1.29 is 19.6 Å². The van der Waals surface area contributed by atoms with Gasteiger partial charge in [0.1, 0.15) is 0 Å². The zero-order chi connectivity index (χ0) is 15.9. The Morgan fingerprint density at radius 2 is 1.29 bits per heavy atom. The monoisotopic (exact) mass is 288 g/mol. The molecule has 0 saturated heterocycles. The molecule has 0 heterocycles. The van der Waals surface area contributed by atoms with Gasteiger partial charge in [-0.3, -0.25) is 0 Å². The van der Waals surface area contributed by atoms with Crippen LogP contribution in [0.5, 0.6) is 0 Å². The fourth-order valence-electron chi connectivity index (χ4n) is 1.11. The van der Waals surface area contributed by atoms with Crippen molar-refractivity contribution in [1.82, 2.24) is 0 Å². The maximum atomic E-state index is 5.34. The van der Waals surface area contributed by atoms with Gasteiger partial charge in [0.2, 0.25) is 6.29 Å². The molecule has 21 heavy (non-hydrogen) atoms. The van der Waals surface area contributed by atoms with Crippen molar-refractivity contribution in [2.45, 2.75) is 45.2 Å². The van der Waals surface area contributed by atoms with Crippen molar-refractivity contribution in [2.24, 2.45) is 0 Å². The van der Waals surface area contributed by atoms with Crippen LogP contribution in [0.2, 0.25) is 0 Å². The minimum Gasteiger partial charge on any atom is -0.214 e. The molecule has 1 rings (SSSR count). The van der Waals surface area contributed by atoms with Crippen LogP contribution in [0.3, 0.4) is 0 Å². The first-order valence-electron chi connectivity index (χ1n) is 6.49. The predicted molar refractivity (Wildman–Crippen MR) is 79.3 cm³/mol. The second-order valence-electron chi connectivity index (χ2n) is 5.41. The summed E-state index contributed by atoms with van der Waals surface area (Å²) in [7, 11) is 0. The number of rotatable bonds is 7. The van der Waals surface area contributed by atoms with E-state index in [9.17, 15) is 0 Å². The molecule has 112 valence electrons. The van der Waals surface area contributed by atoms with Crippen LogP contribution in [0.15, 0.2) is 30.3 Å².